The van der Waals surface area contributed by atoms with Gasteiger partial charge in [-0.1, -0.05) is 12.8 Å². The number of aliphatic hydroxyl groups is 3. The Morgan fingerprint density at radius 1 is 0.933 bits per heavy atom. The van der Waals surface area contributed by atoms with Gasteiger partial charge in [0.15, 0.2) is 0 Å². The van der Waals surface area contributed by atoms with Crippen LogP contribution in [0.5, 0.6) is 0 Å². The molecule has 0 radical (unpaired) electrons. The molecular weight excluding hydrogens is 194 g/mol. The molecule has 0 unspecified atom stereocenters. The fourth-order valence-corrected chi connectivity index (χ4v) is 2.52. The molecule has 15 heavy (non-hydrogen) atoms. The number of hydrogen-bond acceptors (Lipinski definition) is 4. The number of nitrogens with zero attached hydrogens (tertiary/aromatic N) is 1. The summed E-state index contributed by atoms with van der Waals surface area (Å²) in [6.07, 6.45) is 4.51. The lowest BCUT2D eigenvalue weighted by Gasteiger charge is -2.33. The zero-order chi connectivity index (χ0) is 11.1. The van der Waals surface area contributed by atoms with Gasteiger partial charge < -0.3 is 15.3 Å². The van der Waals surface area contributed by atoms with E-state index < -0.39 is 0 Å². The molecule has 3 N–H and O–H groups in total. The minimum Gasteiger partial charge on any atom is -0.396 e. The normalized spacial score (nSPS) is 20.0. The van der Waals surface area contributed by atoms with Gasteiger partial charge in [0.05, 0.1) is 13.2 Å². The summed E-state index contributed by atoms with van der Waals surface area (Å²) in [6.45, 7) is 2.42. The van der Waals surface area contributed by atoms with Crippen molar-refractivity contribution < 1.29 is 15.3 Å². The van der Waals surface area contributed by atoms with Gasteiger partial charge in [-0.2, -0.15) is 0 Å². The van der Waals surface area contributed by atoms with E-state index in [4.69, 9.17) is 10.2 Å². The minimum atomic E-state index is 0.0182. The second-order valence-corrected chi connectivity index (χ2v) is 4.59. The first kappa shape index (κ1) is 12.9. The van der Waals surface area contributed by atoms with Crippen LogP contribution in [-0.2, 0) is 0 Å². The standard InChI is InChI=1S/C11H23NO3/c13-7-5-12(6-8-14)9-11(10-15)3-1-2-4-11/h13-15H,1-10H2. The summed E-state index contributed by atoms with van der Waals surface area (Å²) < 4.78 is 0. The average Bonchev–Trinajstić information content (AvgIpc) is 2.68. The van der Waals surface area contributed by atoms with Crippen molar-refractivity contribution in [1.82, 2.24) is 4.90 Å². The Balaban J connectivity index is 2.46. The third-order valence-electron chi connectivity index (χ3n) is 3.39. The Kier molecular flexibility index (Phi) is 5.53. The molecule has 1 rings (SSSR count). The Hall–Kier alpha value is -0.160. The monoisotopic (exact) mass is 217 g/mol. The summed E-state index contributed by atoms with van der Waals surface area (Å²) in [5.74, 6) is 0. The molecule has 0 spiro atoms. The van der Waals surface area contributed by atoms with E-state index in [1.165, 1.54) is 12.8 Å². The second kappa shape index (κ2) is 6.43. The highest BCUT2D eigenvalue weighted by Crippen LogP contribution is 2.38. The topological polar surface area (TPSA) is 63.9 Å². The number of rotatable bonds is 7. The highest BCUT2D eigenvalue weighted by molar-refractivity contribution is 4.87. The smallest absolute Gasteiger partial charge is 0.0558 e. The molecule has 0 aliphatic heterocycles. The van der Waals surface area contributed by atoms with Gasteiger partial charge in [0.2, 0.25) is 0 Å². The first-order valence-electron chi connectivity index (χ1n) is 5.81. The Labute approximate surface area is 91.5 Å². The predicted octanol–water partition coefficient (Wildman–Crippen LogP) is -0.174. The van der Waals surface area contributed by atoms with Gasteiger partial charge in [-0.15, -0.1) is 0 Å². The van der Waals surface area contributed by atoms with Crippen molar-refractivity contribution in [3.8, 4) is 0 Å². The summed E-state index contributed by atoms with van der Waals surface area (Å²) in [5.41, 5.74) is 0.0182. The van der Waals surface area contributed by atoms with E-state index in [1.807, 2.05) is 4.90 Å². The third kappa shape index (κ3) is 3.72. The van der Waals surface area contributed by atoms with E-state index in [1.54, 1.807) is 0 Å². The van der Waals surface area contributed by atoms with Crippen LogP contribution in [0.2, 0.25) is 0 Å². The molecule has 0 aromatic carbocycles. The molecule has 90 valence electrons. The molecule has 0 amide bonds. The van der Waals surface area contributed by atoms with Crippen LogP contribution in [0.1, 0.15) is 25.7 Å². The molecule has 0 aromatic rings. The lowest BCUT2D eigenvalue weighted by atomic mass is 9.86. The van der Waals surface area contributed by atoms with Crippen LogP contribution >= 0.6 is 0 Å². The van der Waals surface area contributed by atoms with Crippen molar-refractivity contribution in [2.75, 3.05) is 39.5 Å². The molecular formula is C11H23NO3. The molecule has 1 aliphatic rings. The van der Waals surface area contributed by atoms with Crippen LogP contribution in [0.15, 0.2) is 0 Å². The molecule has 1 aliphatic carbocycles. The first-order chi connectivity index (χ1) is 7.26. The van der Waals surface area contributed by atoms with E-state index in [2.05, 4.69) is 0 Å². The average molecular weight is 217 g/mol. The molecule has 0 aromatic heterocycles. The van der Waals surface area contributed by atoms with Crippen LogP contribution in [0.3, 0.4) is 0 Å². The summed E-state index contributed by atoms with van der Waals surface area (Å²) in [7, 11) is 0. The lowest BCUT2D eigenvalue weighted by Crippen LogP contribution is -2.41. The number of aliphatic hydroxyl groups excluding tert-OH is 3. The van der Waals surface area contributed by atoms with E-state index in [0.29, 0.717) is 13.1 Å². The fourth-order valence-electron chi connectivity index (χ4n) is 2.52. The molecule has 4 heteroatoms. The van der Waals surface area contributed by atoms with Crippen molar-refractivity contribution >= 4 is 0 Å². The van der Waals surface area contributed by atoms with Crippen LogP contribution in [0.25, 0.3) is 0 Å². The maximum absolute atomic E-state index is 9.45. The Morgan fingerprint density at radius 2 is 1.47 bits per heavy atom. The highest BCUT2D eigenvalue weighted by Gasteiger charge is 2.34. The van der Waals surface area contributed by atoms with E-state index in [-0.39, 0.29) is 25.2 Å². The maximum Gasteiger partial charge on any atom is 0.0558 e. The molecule has 0 atom stereocenters. The van der Waals surface area contributed by atoms with Crippen molar-refractivity contribution in [2.45, 2.75) is 25.7 Å². The third-order valence-corrected chi connectivity index (χ3v) is 3.39. The molecule has 0 heterocycles. The van der Waals surface area contributed by atoms with Crippen LogP contribution < -0.4 is 0 Å². The fraction of sp³-hybridized carbons (Fsp3) is 1.00. The molecule has 4 nitrogen and oxygen atoms in total. The maximum atomic E-state index is 9.45. The van der Waals surface area contributed by atoms with Gasteiger partial charge in [-0.05, 0) is 12.8 Å². The zero-order valence-corrected chi connectivity index (χ0v) is 9.36. The van der Waals surface area contributed by atoms with Crippen LogP contribution in [0, 0.1) is 5.41 Å². The minimum absolute atomic E-state index is 0.0182. The highest BCUT2D eigenvalue weighted by atomic mass is 16.3. The van der Waals surface area contributed by atoms with Crippen LogP contribution in [-0.4, -0.2) is 59.7 Å². The van der Waals surface area contributed by atoms with Crippen molar-refractivity contribution in [1.29, 1.82) is 0 Å². The summed E-state index contributed by atoms with van der Waals surface area (Å²) in [4.78, 5) is 2.04. The summed E-state index contributed by atoms with van der Waals surface area (Å²) >= 11 is 0. The molecule has 1 fully saturated rings. The van der Waals surface area contributed by atoms with Crippen molar-refractivity contribution in [3.63, 3.8) is 0 Å². The molecule has 0 saturated heterocycles. The van der Waals surface area contributed by atoms with Crippen LogP contribution in [0.4, 0.5) is 0 Å². The predicted molar refractivity (Wildman–Crippen MR) is 58.6 cm³/mol. The van der Waals surface area contributed by atoms with Gasteiger partial charge in [-0.25, -0.2) is 0 Å². The van der Waals surface area contributed by atoms with Gasteiger partial charge in [0, 0.05) is 31.7 Å². The quantitative estimate of drug-likeness (QED) is 0.554. The lowest BCUT2D eigenvalue weighted by molar-refractivity contribution is 0.0608. The molecule has 0 bridgehead atoms. The summed E-state index contributed by atoms with van der Waals surface area (Å²) in [5, 5.41) is 27.3. The van der Waals surface area contributed by atoms with Gasteiger partial charge in [0.1, 0.15) is 0 Å². The van der Waals surface area contributed by atoms with Gasteiger partial charge in [0.25, 0.3) is 0 Å². The Morgan fingerprint density at radius 3 is 1.87 bits per heavy atom. The first-order valence-corrected chi connectivity index (χ1v) is 5.81. The van der Waals surface area contributed by atoms with E-state index >= 15 is 0 Å². The number of hydrogen-bond donors (Lipinski definition) is 3. The van der Waals surface area contributed by atoms with Gasteiger partial charge >= 0.3 is 0 Å². The van der Waals surface area contributed by atoms with Gasteiger partial charge in [-0.3, -0.25) is 4.90 Å². The van der Waals surface area contributed by atoms with E-state index in [0.717, 1.165) is 19.4 Å². The van der Waals surface area contributed by atoms with Crippen molar-refractivity contribution in [3.05, 3.63) is 0 Å². The molecule has 1 saturated carbocycles. The second-order valence-electron chi connectivity index (χ2n) is 4.59. The largest absolute Gasteiger partial charge is 0.396 e. The summed E-state index contributed by atoms with van der Waals surface area (Å²) in [6, 6.07) is 0. The van der Waals surface area contributed by atoms with E-state index in [9.17, 15) is 5.11 Å². The zero-order valence-electron chi connectivity index (χ0n) is 9.36. The SMILES string of the molecule is OCCN(CCO)CC1(CO)CCCC1. The van der Waals surface area contributed by atoms with Crippen molar-refractivity contribution in [2.24, 2.45) is 5.41 Å². The Bertz CT molecular complexity index is 163.